The maximum absolute atomic E-state index is 5.96. The lowest BCUT2D eigenvalue weighted by Crippen LogP contribution is -2.17. The molecule has 15 heavy (non-hydrogen) atoms. The summed E-state index contributed by atoms with van der Waals surface area (Å²) in [6.45, 7) is 2.21. The predicted molar refractivity (Wildman–Crippen MR) is 63.8 cm³/mol. The molecule has 0 bridgehead atoms. The fourth-order valence-electron chi connectivity index (χ4n) is 1.75. The van der Waals surface area contributed by atoms with E-state index in [2.05, 4.69) is 12.2 Å². The second kappa shape index (κ2) is 4.31. The Kier molecular flexibility index (Phi) is 3.06. The molecule has 0 radical (unpaired) electrons. The Bertz CT molecular complexity index is 349. The normalized spacial score (nSPS) is 17.3. The second-order valence-corrected chi connectivity index (χ2v) is 4.55. The smallest absolute Gasteiger partial charge is 0.142 e. The van der Waals surface area contributed by atoms with Crippen LogP contribution in [0.3, 0.4) is 0 Å². The molecule has 2 nitrogen and oxygen atoms in total. The fourth-order valence-corrected chi connectivity index (χ4v) is 1.92. The molecule has 0 heterocycles. The molecule has 1 aromatic rings. The van der Waals surface area contributed by atoms with Crippen LogP contribution < -0.4 is 10.1 Å². The van der Waals surface area contributed by atoms with Gasteiger partial charge < -0.3 is 10.1 Å². The van der Waals surface area contributed by atoms with Crippen LogP contribution in [0.4, 0.5) is 5.69 Å². The van der Waals surface area contributed by atoms with E-state index in [1.54, 1.807) is 7.11 Å². The maximum Gasteiger partial charge on any atom is 0.142 e. The van der Waals surface area contributed by atoms with Gasteiger partial charge in [0.15, 0.2) is 0 Å². The topological polar surface area (TPSA) is 21.3 Å². The number of benzene rings is 1. The van der Waals surface area contributed by atoms with E-state index >= 15 is 0 Å². The van der Waals surface area contributed by atoms with Crippen molar-refractivity contribution < 1.29 is 4.74 Å². The monoisotopic (exact) mass is 225 g/mol. The molecule has 2 rings (SSSR count). The van der Waals surface area contributed by atoms with Crippen molar-refractivity contribution in [3.8, 4) is 5.75 Å². The average molecular weight is 226 g/mol. The third kappa shape index (κ3) is 2.57. The Balaban J connectivity index is 2.13. The van der Waals surface area contributed by atoms with Crippen molar-refractivity contribution >= 4 is 17.3 Å². The maximum atomic E-state index is 5.96. The van der Waals surface area contributed by atoms with Crippen LogP contribution in [0, 0.1) is 5.92 Å². The highest BCUT2D eigenvalue weighted by atomic mass is 35.5. The predicted octanol–water partition coefficient (Wildman–Crippen LogP) is 3.56. The second-order valence-electron chi connectivity index (χ2n) is 4.12. The summed E-state index contributed by atoms with van der Waals surface area (Å²) in [6, 6.07) is 6.15. The molecule has 0 aromatic heterocycles. The molecule has 3 heteroatoms. The zero-order valence-corrected chi connectivity index (χ0v) is 9.84. The number of rotatable bonds is 4. The van der Waals surface area contributed by atoms with E-state index in [-0.39, 0.29) is 0 Å². The van der Waals surface area contributed by atoms with Crippen LogP contribution in [-0.2, 0) is 0 Å². The zero-order chi connectivity index (χ0) is 10.8. The number of hydrogen-bond acceptors (Lipinski definition) is 2. The van der Waals surface area contributed by atoms with Gasteiger partial charge in [0.2, 0.25) is 0 Å². The molecule has 1 aromatic carbocycles. The molecular formula is C12H16ClNO. The molecule has 82 valence electrons. The molecule has 1 aliphatic carbocycles. The molecule has 0 spiro atoms. The van der Waals surface area contributed by atoms with Crippen LogP contribution >= 0.6 is 11.6 Å². The van der Waals surface area contributed by atoms with Crippen LogP contribution in [0.25, 0.3) is 0 Å². The number of anilines is 1. The highest BCUT2D eigenvalue weighted by molar-refractivity contribution is 6.30. The molecule has 1 atom stereocenters. The van der Waals surface area contributed by atoms with Crippen molar-refractivity contribution in [3.05, 3.63) is 23.2 Å². The summed E-state index contributed by atoms with van der Waals surface area (Å²) in [6.07, 6.45) is 2.66. The minimum Gasteiger partial charge on any atom is -0.495 e. The minimum atomic E-state index is 0.498. The van der Waals surface area contributed by atoms with Crippen molar-refractivity contribution in [2.75, 3.05) is 12.4 Å². The average Bonchev–Trinajstić information content (AvgIpc) is 3.01. The standard InChI is InChI=1S/C12H16ClNO/c1-8(9-3-4-9)14-11-7-10(13)5-6-12(11)15-2/h5-9,14H,3-4H2,1-2H3/t8-/m0/s1. The highest BCUT2D eigenvalue weighted by Crippen LogP contribution is 2.36. The molecule has 1 N–H and O–H groups in total. The van der Waals surface area contributed by atoms with Gasteiger partial charge in [-0.05, 0) is 43.9 Å². The zero-order valence-electron chi connectivity index (χ0n) is 9.09. The van der Waals surface area contributed by atoms with Crippen LogP contribution in [-0.4, -0.2) is 13.2 Å². The van der Waals surface area contributed by atoms with Crippen molar-refractivity contribution in [2.45, 2.75) is 25.8 Å². The van der Waals surface area contributed by atoms with E-state index in [4.69, 9.17) is 16.3 Å². The van der Waals surface area contributed by atoms with E-state index in [1.165, 1.54) is 12.8 Å². The van der Waals surface area contributed by atoms with E-state index in [0.29, 0.717) is 6.04 Å². The van der Waals surface area contributed by atoms with Crippen LogP contribution in [0.15, 0.2) is 18.2 Å². The Hall–Kier alpha value is -0.890. The number of methoxy groups -OCH3 is 1. The minimum absolute atomic E-state index is 0.498. The van der Waals surface area contributed by atoms with Gasteiger partial charge in [0, 0.05) is 11.1 Å². The Labute approximate surface area is 95.6 Å². The first-order valence-electron chi connectivity index (χ1n) is 5.31. The van der Waals surface area contributed by atoms with Crippen molar-refractivity contribution in [1.29, 1.82) is 0 Å². The lowest BCUT2D eigenvalue weighted by molar-refractivity contribution is 0.416. The highest BCUT2D eigenvalue weighted by Gasteiger charge is 2.28. The molecule has 1 fully saturated rings. The van der Waals surface area contributed by atoms with Crippen molar-refractivity contribution in [3.63, 3.8) is 0 Å². The van der Waals surface area contributed by atoms with E-state index in [0.717, 1.165) is 22.4 Å². The van der Waals surface area contributed by atoms with E-state index < -0.39 is 0 Å². The van der Waals surface area contributed by atoms with Crippen LogP contribution in [0.1, 0.15) is 19.8 Å². The summed E-state index contributed by atoms with van der Waals surface area (Å²) < 4.78 is 5.28. The summed E-state index contributed by atoms with van der Waals surface area (Å²) in [4.78, 5) is 0. The third-order valence-electron chi connectivity index (χ3n) is 2.87. The number of nitrogens with one attached hydrogen (secondary N) is 1. The van der Waals surface area contributed by atoms with E-state index in [9.17, 15) is 0 Å². The SMILES string of the molecule is COc1ccc(Cl)cc1N[C@@H](C)C1CC1. The number of ether oxygens (including phenoxy) is 1. The summed E-state index contributed by atoms with van der Waals surface area (Å²) >= 11 is 5.96. The van der Waals surface area contributed by atoms with Gasteiger partial charge in [-0.1, -0.05) is 11.6 Å². The van der Waals surface area contributed by atoms with Gasteiger partial charge in [-0.3, -0.25) is 0 Å². The lowest BCUT2D eigenvalue weighted by Gasteiger charge is -2.17. The van der Waals surface area contributed by atoms with Crippen molar-refractivity contribution in [2.24, 2.45) is 5.92 Å². The summed E-state index contributed by atoms with van der Waals surface area (Å²) in [5, 5.41) is 4.19. The lowest BCUT2D eigenvalue weighted by atomic mass is 10.2. The van der Waals surface area contributed by atoms with Gasteiger partial charge in [-0.25, -0.2) is 0 Å². The first-order valence-corrected chi connectivity index (χ1v) is 5.68. The molecule has 0 saturated heterocycles. The summed E-state index contributed by atoms with van der Waals surface area (Å²) in [7, 11) is 1.68. The number of halogens is 1. The molecular weight excluding hydrogens is 210 g/mol. The van der Waals surface area contributed by atoms with Gasteiger partial charge in [-0.2, -0.15) is 0 Å². The summed E-state index contributed by atoms with van der Waals surface area (Å²) in [5.74, 6) is 1.67. The first kappa shape index (κ1) is 10.6. The van der Waals surface area contributed by atoms with Gasteiger partial charge >= 0.3 is 0 Å². The Morgan fingerprint density at radius 3 is 2.80 bits per heavy atom. The molecule has 1 aliphatic rings. The first-order chi connectivity index (χ1) is 7.20. The molecule has 0 unspecified atom stereocenters. The van der Waals surface area contributed by atoms with Crippen LogP contribution in [0.5, 0.6) is 5.75 Å². The summed E-state index contributed by atoms with van der Waals surface area (Å²) in [5.41, 5.74) is 0.990. The number of hydrogen-bond donors (Lipinski definition) is 1. The van der Waals surface area contributed by atoms with Gasteiger partial charge in [-0.15, -0.1) is 0 Å². The quantitative estimate of drug-likeness (QED) is 0.846. The van der Waals surface area contributed by atoms with Gasteiger partial charge in [0.05, 0.1) is 12.8 Å². The van der Waals surface area contributed by atoms with Gasteiger partial charge in [0.25, 0.3) is 0 Å². The largest absolute Gasteiger partial charge is 0.495 e. The molecule has 0 amide bonds. The Morgan fingerprint density at radius 2 is 2.20 bits per heavy atom. The molecule has 1 saturated carbocycles. The van der Waals surface area contributed by atoms with Crippen molar-refractivity contribution in [1.82, 2.24) is 0 Å². The van der Waals surface area contributed by atoms with Gasteiger partial charge in [0.1, 0.15) is 5.75 Å². The molecule has 0 aliphatic heterocycles. The van der Waals surface area contributed by atoms with Crippen LogP contribution in [0.2, 0.25) is 5.02 Å². The third-order valence-corrected chi connectivity index (χ3v) is 3.11. The Morgan fingerprint density at radius 1 is 1.47 bits per heavy atom. The van der Waals surface area contributed by atoms with E-state index in [1.807, 2.05) is 18.2 Å². The fraction of sp³-hybridized carbons (Fsp3) is 0.500.